The largest absolute Gasteiger partial charge is 0.356 e. The Hall–Kier alpha value is -2.10. The lowest BCUT2D eigenvalue weighted by Crippen LogP contribution is -2.42. The van der Waals surface area contributed by atoms with Crippen molar-refractivity contribution in [2.75, 3.05) is 24.5 Å². The van der Waals surface area contributed by atoms with Gasteiger partial charge in [-0.05, 0) is 56.3 Å². The molecule has 1 aliphatic heterocycles. The average molecular weight is 479 g/mol. The van der Waals surface area contributed by atoms with Gasteiger partial charge in [0.2, 0.25) is 10.0 Å². The summed E-state index contributed by atoms with van der Waals surface area (Å²) < 4.78 is 55.1. The molecule has 0 unspecified atom stereocenters. The van der Waals surface area contributed by atoms with Crippen LogP contribution >= 0.6 is 0 Å². The predicted octanol–water partition coefficient (Wildman–Crippen LogP) is 3.74. The molecular weight excluding hydrogens is 446 g/mol. The first-order chi connectivity index (χ1) is 15.8. The molecule has 4 rings (SSSR count). The lowest BCUT2D eigenvalue weighted by atomic mass is 9.92. The molecule has 0 atom stereocenters. The fourth-order valence-corrected chi connectivity index (χ4v) is 5.80. The topological polar surface area (TPSA) is 74.3 Å². The zero-order chi connectivity index (χ0) is 23.3. The van der Waals surface area contributed by atoms with Crippen LogP contribution in [0, 0.1) is 0 Å². The lowest BCUT2D eigenvalue weighted by Gasteiger charge is -2.32. The van der Waals surface area contributed by atoms with E-state index < -0.39 is 15.9 Å². The number of alkyl halides is 2. The summed E-state index contributed by atoms with van der Waals surface area (Å²) >= 11 is 0. The van der Waals surface area contributed by atoms with Gasteiger partial charge >= 0.3 is 0 Å². The van der Waals surface area contributed by atoms with Crippen LogP contribution in [-0.2, 0) is 16.4 Å². The minimum atomic E-state index is -3.67. The van der Waals surface area contributed by atoms with Crippen molar-refractivity contribution in [3.05, 3.63) is 54.2 Å². The molecule has 0 amide bonds. The first-order valence-corrected chi connectivity index (χ1v) is 13.2. The quantitative estimate of drug-likeness (QED) is 0.605. The molecule has 1 saturated heterocycles. The number of hydrogen-bond donors (Lipinski definition) is 2. The third-order valence-electron chi connectivity index (χ3n) is 6.59. The summed E-state index contributed by atoms with van der Waals surface area (Å²) in [6.07, 6.45) is 5.32. The van der Waals surface area contributed by atoms with Gasteiger partial charge in [0.1, 0.15) is 10.7 Å². The zero-order valence-corrected chi connectivity index (χ0v) is 19.5. The van der Waals surface area contributed by atoms with Crippen molar-refractivity contribution in [2.24, 2.45) is 0 Å². The molecule has 2 N–H and O–H groups in total. The number of nitrogens with zero attached hydrogens (tertiary/aromatic N) is 2. The third kappa shape index (κ3) is 6.71. The second-order valence-corrected chi connectivity index (χ2v) is 10.8. The Morgan fingerprint density at radius 1 is 0.970 bits per heavy atom. The Labute approximate surface area is 194 Å². The Morgan fingerprint density at radius 2 is 1.64 bits per heavy atom. The molecule has 2 heterocycles. The number of anilines is 1. The average Bonchev–Trinajstić information content (AvgIpc) is 2.81. The molecule has 1 aliphatic carbocycles. The second-order valence-electron chi connectivity index (χ2n) is 9.05. The normalized spacial score (nSPS) is 23.4. The van der Waals surface area contributed by atoms with Gasteiger partial charge in [0, 0.05) is 44.2 Å². The van der Waals surface area contributed by atoms with Crippen LogP contribution < -0.4 is 14.9 Å². The molecule has 2 fully saturated rings. The van der Waals surface area contributed by atoms with E-state index in [4.69, 9.17) is 0 Å². The summed E-state index contributed by atoms with van der Waals surface area (Å²) in [6, 6.07) is 13.8. The number of piperidine rings is 1. The molecule has 6 nitrogen and oxygen atoms in total. The predicted molar refractivity (Wildman–Crippen MR) is 125 cm³/mol. The maximum absolute atomic E-state index is 13.4. The Balaban J connectivity index is 1.23. The highest BCUT2D eigenvalue weighted by molar-refractivity contribution is 7.89. The number of halogens is 2. The molecule has 1 aromatic heterocycles. The maximum Gasteiger partial charge on any atom is 0.251 e. The molecule has 2 aromatic rings. The van der Waals surface area contributed by atoms with E-state index in [1.807, 2.05) is 18.2 Å². The van der Waals surface area contributed by atoms with E-state index in [0.717, 1.165) is 38.6 Å². The number of benzene rings is 1. The number of hydrogen-bond acceptors (Lipinski definition) is 5. The van der Waals surface area contributed by atoms with Gasteiger partial charge in [0.25, 0.3) is 5.92 Å². The maximum atomic E-state index is 13.4. The van der Waals surface area contributed by atoms with Crippen molar-refractivity contribution in [3.8, 4) is 0 Å². The van der Waals surface area contributed by atoms with Gasteiger partial charge in [-0.3, -0.25) is 0 Å². The Morgan fingerprint density at radius 3 is 2.27 bits per heavy atom. The van der Waals surface area contributed by atoms with Crippen LogP contribution in [0.2, 0.25) is 0 Å². The minimum Gasteiger partial charge on any atom is -0.356 e. The first-order valence-electron chi connectivity index (χ1n) is 11.7. The lowest BCUT2D eigenvalue weighted by molar-refractivity contribution is -0.0221. The summed E-state index contributed by atoms with van der Waals surface area (Å²) in [6.45, 7) is 1.34. The van der Waals surface area contributed by atoms with E-state index in [1.54, 1.807) is 11.0 Å². The number of sulfonamides is 1. The molecule has 0 radical (unpaired) electrons. The van der Waals surface area contributed by atoms with Gasteiger partial charge < -0.3 is 10.2 Å². The molecule has 180 valence electrons. The molecule has 33 heavy (non-hydrogen) atoms. The standard InChI is InChI=1S/C24H32F2N4O2S/c25-24(26)13-16-30(17-14-24)23-11-10-22(18-28-23)33(31,32)29-21-8-6-20(7-9-21)27-15-12-19-4-2-1-3-5-19/h1-5,10-11,18,20-21,27,29H,6-9,12-17H2. The van der Waals surface area contributed by atoms with Crippen molar-refractivity contribution in [2.45, 2.75) is 67.8 Å². The number of nitrogens with one attached hydrogen (secondary N) is 2. The van der Waals surface area contributed by atoms with Crippen LogP contribution in [0.5, 0.6) is 0 Å². The highest BCUT2D eigenvalue weighted by atomic mass is 32.2. The summed E-state index contributed by atoms with van der Waals surface area (Å²) in [7, 11) is -3.67. The fraction of sp³-hybridized carbons (Fsp3) is 0.542. The molecular formula is C24H32F2N4O2S. The second kappa shape index (κ2) is 10.4. The summed E-state index contributed by atoms with van der Waals surface area (Å²) in [5.41, 5.74) is 1.31. The zero-order valence-electron chi connectivity index (χ0n) is 18.7. The summed E-state index contributed by atoms with van der Waals surface area (Å²) in [5, 5.41) is 3.59. The molecule has 9 heteroatoms. The van der Waals surface area contributed by atoms with E-state index in [1.165, 1.54) is 17.8 Å². The van der Waals surface area contributed by atoms with E-state index in [-0.39, 0.29) is 36.9 Å². The van der Waals surface area contributed by atoms with Gasteiger partial charge in [-0.2, -0.15) is 0 Å². The Bertz CT molecular complexity index is 985. The molecule has 2 aliphatic rings. The van der Waals surface area contributed by atoms with Gasteiger partial charge in [-0.25, -0.2) is 26.9 Å². The van der Waals surface area contributed by atoms with Crippen LogP contribution in [0.4, 0.5) is 14.6 Å². The molecule has 0 spiro atoms. The SMILES string of the molecule is O=S(=O)(NC1CCC(NCCc2ccccc2)CC1)c1ccc(N2CCC(F)(F)CC2)nc1. The third-order valence-corrected chi connectivity index (χ3v) is 8.09. The summed E-state index contributed by atoms with van der Waals surface area (Å²) in [5.74, 6) is -2.09. The highest BCUT2D eigenvalue weighted by Crippen LogP contribution is 2.30. The van der Waals surface area contributed by atoms with Crippen LogP contribution in [0.15, 0.2) is 53.6 Å². The monoisotopic (exact) mass is 478 g/mol. The van der Waals surface area contributed by atoms with Gasteiger partial charge in [0.15, 0.2) is 0 Å². The molecule has 0 bridgehead atoms. The molecule has 1 aromatic carbocycles. The van der Waals surface area contributed by atoms with Crippen molar-refractivity contribution >= 4 is 15.8 Å². The minimum absolute atomic E-state index is 0.0915. The fourth-order valence-electron chi connectivity index (χ4n) is 4.55. The number of rotatable bonds is 8. The van der Waals surface area contributed by atoms with Gasteiger partial charge in [-0.15, -0.1) is 0 Å². The Kier molecular flexibility index (Phi) is 7.61. The van der Waals surface area contributed by atoms with E-state index in [0.29, 0.717) is 11.9 Å². The van der Waals surface area contributed by atoms with Crippen molar-refractivity contribution < 1.29 is 17.2 Å². The van der Waals surface area contributed by atoms with E-state index in [9.17, 15) is 17.2 Å². The van der Waals surface area contributed by atoms with E-state index >= 15 is 0 Å². The van der Waals surface area contributed by atoms with Crippen molar-refractivity contribution in [1.82, 2.24) is 15.0 Å². The van der Waals surface area contributed by atoms with Crippen LogP contribution in [0.1, 0.15) is 44.1 Å². The summed E-state index contributed by atoms with van der Waals surface area (Å²) in [4.78, 5) is 6.11. The number of pyridine rings is 1. The van der Waals surface area contributed by atoms with Gasteiger partial charge in [0.05, 0.1) is 0 Å². The van der Waals surface area contributed by atoms with Crippen LogP contribution in [0.25, 0.3) is 0 Å². The van der Waals surface area contributed by atoms with E-state index in [2.05, 4.69) is 27.2 Å². The smallest absolute Gasteiger partial charge is 0.251 e. The number of aromatic nitrogens is 1. The first kappa shape index (κ1) is 24.0. The van der Waals surface area contributed by atoms with Crippen molar-refractivity contribution in [1.29, 1.82) is 0 Å². The van der Waals surface area contributed by atoms with Crippen molar-refractivity contribution in [3.63, 3.8) is 0 Å². The van der Waals surface area contributed by atoms with Gasteiger partial charge in [-0.1, -0.05) is 30.3 Å². The van der Waals surface area contributed by atoms with Crippen LogP contribution in [0.3, 0.4) is 0 Å². The highest BCUT2D eigenvalue weighted by Gasteiger charge is 2.34. The molecule has 1 saturated carbocycles. The van der Waals surface area contributed by atoms with Crippen LogP contribution in [-0.4, -0.2) is 51.0 Å².